The van der Waals surface area contributed by atoms with Gasteiger partial charge >= 0.3 is 0 Å². The molecular formula is C14H22N2O2S. The Kier molecular flexibility index (Phi) is 4.60. The number of sulfonamides is 1. The zero-order valence-corrected chi connectivity index (χ0v) is 12.4. The van der Waals surface area contributed by atoms with Crippen molar-refractivity contribution in [3.63, 3.8) is 0 Å². The normalized spacial score (nSPS) is 19.8. The van der Waals surface area contributed by atoms with E-state index in [1.54, 1.807) is 6.07 Å². The Morgan fingerprint density at radius 3 is 2.84 bits per heavy atom. The largest absolute Gasteiger partial charge is 0.314 e. The highest BCUT2D eigenvalue weighted by molar-refractivity contribution is 7.89. The molecule has 1 saturated heterocycles. The van der Waals surface area contributed by atoms with Gasteiger partial charge in [0.05, 0.1) is 4.90 Å². The molecule has 1 aliphatic heterocycles. The van der Waals surface area contributed by atoms with E-state index >= 15 is 0 Å². The van der Waals surface area contributed by atoms with Crippen molar-refractivity contribution in [3.8, 4) is 0 Å². The van der Waals surface area contributed by atoms with E-state index in [0.717, 1.165) is 30.5 Å². The van der Waals surface area contributed by atoms with Gasteiger partial charge in [0.25, 0.3) is 0 Å². The Hall–Kier alpha value is -0.910. The van der Waals surface area contributed by atoms with Crippen LogP contribution < -0.4 is 10.0 Å². The fourth-order valence-electron chi connectivity index (χ4n) is 2.45. The highest BCUT2D eigenvalue weighted by Gasteiger charge is 2.18. The first-order chi connectivity index (χ1) is 8.99. The average Bonchev–Trinajstić information content (AvgIpc) is 2.85. The van der Waals surface area contributed by atoms with Crippen molar-refractivity contribution in [1.82, 2.24) is 10.0 Å². The predicted molar refractivity (Wildman–Crippen MR) is 76.7 cm³/mol. The summed E-state index contributed by atoms with van der Waals surface area (Å²) in [6.45, 7) is 5.27. The monoisotopic (exact) mass is 282 g/mol. The molecule has 0 bridgehead atoms. The Morgan fingerprint density at radius 2 is 2.16 bits per heavy atom. The molecule has 1 fully saturated rings. The molecule has 0 spiro atoms. The maximum Gasteiger partial charge on any atom is 0.240 e. The molecule has 2 N–H and O–H groups in total. The van der Waals surface area contributed by atoms with Crippen molar-refractivity contribution in [2.45, 2.75) is 44.0 Å². The lowest BCUT2D eigenvalue weighted by Gasteiger charge is -2.12. The van der Waals surface area contributed by atoms with Crippen LogP contribution >= 0.6 is 0 Å². The van der Waals surface area contributed by atoms with Crippen LogP contribution in [0, 0.1) is 13.8 Å². The Bertz CT molecular complexity index is 534. The maximum atomic E-state index is 12.2. The molecular weight excluding hydrogens is 260 g/mol. The van der Waals surface area contributed by atoms with Crippen LogP contribution in [0.4, 0.5) is 0 Å². The third-order valence-electron chi connectivity index (χ3n) is 3.58. The van der Waals surface area contributed by atoms with Crippen LogP contribution in [-0.2, 0) is 10.0 Å². The molecule has 106 valence electrons. The van der Waals surface area contributed by atoms with Crippen molar-refractivity contribution in [1.29, 1.82) is 0 Å². The van der Waals surface area contributed by atoms with E-state index in [1.807, 2.05) is 26.0 Å². The maximum absolute atomic E-state index is 12.2. The second-order valence-electron chi connectivity index (χ2n) is 5.25. The van der Waals surface area contributed by atoms with Gasteiger partial charge in [-0.15, -0.1) is 0 Å². The molecule has 5 heteroatoms. The van der Waals surface area contributed by atoms with Gasteiger partial charge in [0.2, 0.25) is 10.0 Å². The fraction of sp³-hybridized carbons (Fsp3) is 0.571. The summed E-state index contributed by atoms with van der Waals surface area (Å²) in [4.78, 5) is 0.395. The topological polar surface area (TPSA) is 58.2 Å². The van der Waals surface area contributed by atoms with E-state index in [0.29, 0.717) is 17.5 Å². The van der Waals surface area contributed by atoms with Gasteiger partial charge in [-0.1, -0.05) is 12.1 Å². The minimum absolute atomic E-state index is 0.395. The van der Waals surface area contributed by atoms with Crippen molar-refractivity contribution < 1.29 is 8.42 Å². The zero-order chi connectivity index (χ0) is 13.9. The molecule has 1 atom stereocenters. The third kappa shape index (κ3) is 3.78. The molecule has 1 aliphatic rings. The summed E-state index contributed by atoms with van der Waals surface area (Å²) in [6, 6.07) is 5.96. The molecule has 4 nitrogen and oxygen atoms in total. The molecule has 0 radical (unpaired) electrons. The summed E-state index contributed by atoms with van der Waals surface area (Å²) < 4.78 is 27.2. The number of hydrogen-bond acceptors (Lipinski definition) is 3. The molecule has 19 heavy (non-hydrogen) atoms. The number of rotatable bonds is 5. The first-order valence-electron chi connectivity index (χ1n) is 6.79. The van der Waals surface area contributed by atoms with Crippen molar-refractivity contribution >= 4 is 10.0 Å². The van der Waals surface area contributed by atoms with Gasteiger partial charge < -0.3 is 5.32 Å². The molecule has 0 aromatic heterocycles. The second kappa shape index (κ2) is 6.03. The number of hydrogen-bond donors (Lipinski definition) is 2. The van der Waals surface area contributed by atoms with E-state index in [4.69, 9.17) is 0 Å². The minimum atomic E-state index is -3.38. The van der Waals surface area contributed by atoms with Gasteiger partial charge in [-0.05, 0) is 56.8 Å². The van der Waals surface area contributed by atoms with Crippen LogP contribution in [0.1, 0.15) is 30.4 Å². The summed E-state index contributed by atoms with van der Waals surface area (Å²) in [5.74, 6) is 0. The first kappa shape index (κ1) is 14.5. The standard InChI is InChI=1S/C14H22N2O2S/c1-11-5-6-12(2)14(10-11)19(17,18)16-9-7-13-4-3-8-15-13/h5-6,10,13,15-16H,3-4,7-9H2,1-2H3/t13-/m0/s1. The molecule has 0 aliphatic carbocycles. The van der Waals surface area contributed by atoms with E-state index in [-0.39, 0.29) is 0 Å². The van der Waals surface area contributed by atoms with Crippen LogP contribution in [0.5, 0.6) is 0 Å². The highest BCUT2D eigenvalue weighted by Crippen LogP contribution is 2.16. The predicted octanol–water partition coefficient (Wildman–Crippen LogP) is 1.72. The first-order valence-corrected chi connectivity index (χ1v) is 8.28. The van der Waals surface area contributed by atoms with Crippen molar-refractivity contribution in [3.05, 3.63) is 29.3 Å². The highest BCUT2D eigenvalue weighted by atomic mass is 32.2. The van der Waals surface area contributed by atoms with Gasteiger partial charge in [0.15, 0.2) is 0 Å². The lowest BCUT2D eigenvalue weighted by atomic mass is 10.2. The minimum Gasteiger partial charge on any atom is -0.314 e. The van der Waals surface area contributed by atoms with Crippen molar-refractivity contribution in [2.75, 3.05) is 13.1 Å². The van der Waals surface area contributed by atoms with E-state index in [9.17, 15) is 8.42 Å². The lowest BCUT2D eigenvalue weighted by molar-refractivity contribution is 0.539. The summed E-state index contributed by atoms with van der Waals surface area (Å²) in [6.07, 6.45) is 3.18. The van der Waals surface area contributed by atoms with Gasteiger partial charge in [0, 0.05) is 12.6 Å². The summed E-state index contributed by atoms with van der Waals surface area (Å²) in [7, 11) is -3.38. The van der Waals surface area contributed by atoms with Gasteiger partial charge in [-0.3, -0.25) is 0 Å². The van der Waals surface area contributed by atoms with Gasteiger partial charge in [-0.2, -0.15) is 0 Å². The summed E-state index contributed by atoms with van der Waals surface area (Å²) in [5.41, 5.74) is 1.75. The summed E-state index contributed by atoms with van der Waals surface area (Å²) >= 11 is 0. The molecule has 1 heterocycles. The second-order valence-corrected chi connectivity index (χ2v) is 6.98. The Labute approximate surface area is 115 Å². The van der Waals surface area contributed by atoms with Crippen LogP contribution in [0.15, 0.2) is 23.1 Å². The van der Waals surface area contributed by atoms with Crippen LogP contribution in [-0.4, -0.2) is 27.5 Å². The van der Waals surface area contributed by atoms with Gasteiger partial charge in [-0.25, -0.2) is 13.1 Å². The Morgan fingerprint density at radius 1 is 1.37 bits per heavy atom. The van der Waals surface area contributed by atoms with Gasteiger partial charge in [0.1, 0.15) is 0 Å². The molecule has 0 unspecified atom stereocenters. The average molecular weight is 282 g/mol. The van der Waals surface area contributed by atoms with Crippen LogP contribution in [0.3, 0.4) is 0 Å². The Balaban J connectivity index is 1.99. The van der Waals surface area contributed by atoms with Crippen molar-refractivity contribution in [2.24, 2.45) is 0 Å². The molecule has 0 amide bonds. The van der Waals surface area contributed by atoms with Crippen LogP contribution in [0.25, 0.3) is 0 Å². The molecule has 2 rings (SSSR count). The van der Waals surface area contributed by atoms with Crippen LogP contribution in [0.2, 0.25) is 0 Å². The third-order valence-corrected chi connectivity index (χ3v) is 5.18. The fourth-order valence-corrected chi connectivity index (χ4v) is 3.82. The lowest BCUT2D eigenvalue weighted by Crippen LogP contribution is -2.31. The quantitative estimate of drug-likeness (QED) is 0.864. The van der Waals surface area contributed by atoms with E-state index < -0.39 is 10.0 Å². The molecule has 0 saturated carbocycles. The number of aryl methyl sites for hydroxylation is 2. The molecule has 1 aromatic carbocycles. The van der Waals surface area contributed by atoms with E-state index in [1.165, 1.54) is 6.42 Å². The van der Waals surface area contributed by atoms with E-state index in [2.05, 4.69) is 10.0 Å². The summed E-state index contributed by atoms with van der Waals surface area (Å²) in [5, 5.41) is 3.37. The number of nitrogens with one attached hydrogen (secondary N) is 2. The smallest absolute Gasteiger partial charge is 0.240 e. The SMILES string of the molecule is Cc1ccc(C)c(S(=O)(=O)NCC[C@@H]2CCCN2)c1. The molecule has 1 aromatic rings. The zero-order valence-electron chi connectivity index (χ0n) is 11.6. The number of benzene rings is 1.